The van der Waals surface area contributed by atoms with Gasteiger partial charge < -0.3 is 10.6 Å². The summed E-state index contributed by atoms with van der Waals surface area (Å²) >= 11 is 0. The summed E-state index contributed by atoms with van der Waals surface area (Å²) in [4.78, 5) is 21.1. The van der Waals surface area contributed by atoms with E-state index < -0.39 is 4.92 Å². The number of hydrogen-bond donors (Lipinski definition) is 2. The number of amides is 1. The molecule has 15 heavy (non-hydrogen) atoms. The van der Waals surface area contributed by atoms with Crippen LogP contribution >= 0.6 is 0 Å². The van der Waals surface area contributed by atoms with Crippen LogP contribution in [0.15, 0.2) is 24.3 Å². The lowest BCUT2D eigenvalue weighted by Crippen LogP contribution is -2.25. The number of nitrogens with one attached hydrogen (secondary N) is 2. The number of nitrogens with zero attached hydrogens (tertiary/aromatic N) is 1. The molecule has 6 heteroatoms. The minimum Gasteiger partial charge on any atom is -0.325 e. The molecule has 0 aliphatic carbocycles. The summed E-state index contributed by atoms with van der Waals surface area (Å²) in [5.74, 6) is -0.238. The molecule has 80 valence electrons. The Labute approximate surface area is 86.4 Å². The van der Waals surface area contributed by atoms with Gasteiger partial charge in [-0.1, -0.05) is 6.07 Å². The monoisotopic (exact) mass is 209 g/mol. The smallest absolute Gasteiger partial charge is 0.271 e. The summed E-state index contributed by atoms with van der Waals surface area (Å²) in [5.41, 5.74) is 0.377. The Morgan fingerprint density at radius 2 is 2.27 bits per heavy atom. The zero-order valence-electron chi connectivity index (χ0n) is 8.19. The van der Waals surface area contributed by atoms with Crippen LogP contribution in [0.4, 0.5) is 11.4 Å². The van der Waals surface area contributed by atoms with E-state index in [0.717, 1.165) is 0 Å². The lowest BCUT2D eigenvalue weighted by Gasteiger charge is -2.03. The van der Waals surface area contributed by atoms with Gasteiger partial charge in [-0.2, -0.15) is 0 Å². The van der Waals surface area contributed by atoms with Crippen molar-refractivity contribution in [2.45, 2.75) is 0 Å². The summed E-state index contributed by atoms with van der Waals surface area (Å²) < 4.78 is 0. The molecule has 1 amide bonds. The van der Waals surface area contributed by atoms with E-state index in [0.29, 0.717) is 5.69 Å². The molecule has 0 aliphatic rings. The summed E-state index contributed by atoms with van der Waals surface area (Å²) in [5, 5.41) is 15.7. The van der Waals surface area contributed by atoms with Gasteiger partial charge in [0.2, 0.25) is 5.91 Å². The first-order chi connectivity index (χ1) is 7.13. The fourth-order valence-corrected chi connectivity index (χ4v) is 1.06. The maximum atomic E-state index is 11.2. The molecule has 0 atom stereocenters. The predicted octanol–water partition coefficient (Wildman–Crippen LogP) is 0.753. The highest BCUT2D eigenvalue weighted by molar-refractivity contribution is 5.92. The van der Waals surface area contributed by atoms with Crippen LogP contribution in [-0.4, -0.2) is 24.4 Å². The van der Waals surface area contributed by atoms with Crippen molar-refractivity contribution in [3.05, 3.63) is 34.4 Å². The van der Waals surface area contributed by atoms with Crippen LogP contribution < -0.4 is 10.6 Å². The molecule has 0 spiro atoms. The van der Waals surface area contributed by atoms with Crippen LogP contribution in [0.3, 0.4) is 0 Å². The second-order valence-corrected chi connectivity index (χ2v) is 2.89. The normalized spacial score (nSPS) is 9.67. The van der Waals surface area contributed by atoms with Gasteiger partial charge in [-0.25, -0.2) is 0 Å². The van der Waals surface area contributed by atoms with Crippen molar-refractivity contribution >= 4 is 17.3 Å². The lowest BCUT2D eigenvalue weighted by molar-refractivity contribution is -0.384. The molecule has 0 aliphatic heterocycles. The molecule has 0 bridgehead atoms. The molecule has 0 saturated heterocycles. The maximum Gasteiger partial charge on any atom is 0.271 e. The largest absolute Gasteiger partial charge is 0.325 e. The highest BCUT2D eigenvalue weighted by Crippen LogP contribution is 2.16. The van der Waals surface area contributed by atoms with Crippen molar-refractivity contribution < 1.29 is 9.72 Å². The number of anilines is 1. The minimum atomic E-state index is -0.506. The van der Waals surface area contributed by atoms with Gasteiger partial charge in [0.05, 0.1) is 11.5 Å². The Bertz CT molecular complexity index is 379. The Morgan fingerprint density at radius 1 is 1.53 bits per heavy atom. The number of non-ortho nitro benzene ring substituents is 1. The van der Waals surface area contributed by atoms with Gasteiger partial charge >= 0.3 is 0 Å². The fourth-order valence-electron chi connectivity index (χ4n) is 1.06. The van der Waals surface area contributed by atoms with E-state index in [2.05, 4.69) is 10.6 Å². The third kappa shape index (κ3) is 3.35. The second-order valence-electron chi connectivity index (χ2n) is 2.89. The number of nitro groups is 1. The standard InChI is InChI=1S/C9H11N3O3/c1-10-6-9(13)11-7-3-2-4-8(5-7)12(14)15/h2-5,10H,6H2,1H3,(H,11,13). The van der Waals surface area contributed by atoms with Gasteiger partial charge in [-0.3, -0.25) is 14.9 Å². The van der Waals surface area contributed by atoms with Crippen molar-refractivity contribution in [2.75, 3.05) is 18.9 Å². The molecule has 0 heterocycles. The summed E-state index contributed by atoms with van der Waals surface area (Å²) in [6.45, 7) is 0.169. The van der Waals surface area contributed by atoms with Crippen molar-refractivity contribution in [1.29, 1.82) is 0 Å². The quantitative estimate of drug-likeness (QED) is 0.566. The average molecular weight is 209 g/mol. The Kier molecular flexibility index (Phi) is 3.75. The van der Waals surface area contributed by atoms with Crippen LogP contribution in [0.25, 0.3) is 0 Å². The van der Waals surface area contributed by atoms with Crippen LogP contribution in [0.1, 0.15) is 0 Å². The Balaban J connectivity index is 2.73. The summed E-state index contributed by atoms with van der Waals surface area (Å²) in [6.07, 6.45) is 0. The van der Waals surface area contributed by atoms with Crippen LogP contribution in [-0.2, 0) is 4.79 Å². The number of carbonyl (C=O) groups excluding carboxylic acids is 1. The van der Waals surface area contributed by atoms with Crippen molar-refractivity contribution in [2.24, 2.45) is 0 Å². The SMILES string of the molecule is CNCC(=O)Nc1cccc([N+](=O)[O-])c1. The lowest BCUT2D eigenvalue weighted by atomic mass is 10.3. The Morgan fingerprint density at radius 3 is 2.87 bits per heavy atom. The Hall–Kier alpha value is -1.95. The summed E-state index contributed by atoms with van der Waals surface area (Å²) in [7, 11) is 1.65. The number of carbonyl (C=O) groups is 1. The number of likely N-dealkylation sites (N-methyl/N-ethyl adjacent to an activating group) is 1. The molecule has 0 aromatic heterocycles. The van der Waals surface area contributed by atoms with Gasteiger partial charge in [0.1, 0.15) is 0 Å². The van der Waals surface area contributed by atoms with Gasteiger partial charge in [-0.15, -0.1) is 0 Å². The van der Waals surface area contributed by atoms with Crippen molar-refractivity contribution in [3.63, 3.8) is 0 Å². The number of rotatable bonds is 4. The van der Waals surface area contributed by atoms with Gasteiger partial charge in [0.25, 0.3) is 5.69 Å². The third-order valence-corrected chi connectivity index (χ3v) is 1.68. The molecule has 0 saturated carbocycles. The molecule has 1 aromatic carbocycles. The topological polar surface area (TPSA) is 84.3 Å². The predicted molar refractivity (Wildman–Crippen MR) is 55.7 cm³/mol. The summed E-state index contributed by atoms with van der Waals surface area (Å²) in [6, 6.07) is 5.80. The van der Waals surface area contributed by atoms with E-state index >= 15 is 0 Å². The molecule has 1 aromatic rings. The van der Waals surface area contributed by atoms with Gasteiger partial charge in [0.15, 0.2) is 0 Å². The van der Waals surface area contributed by atoms with E-state index in [-0.39, 0.29) is 18.1 Å². The molecule has 0 unspecified atom stereocenters. The molecule has 1 rings (SSSR count). The fraction of sp³-hybridized carbons (Fsp3) is 0.222. The highest BCUT2D eigenvalue weighted by atomic mass is 16.6. The van der Waals surface area contributed by atoms with E-state index in [1.54, 1.807) is 13.1 Å². The van der Waals surface area contributed by atoms with Crippen LogP contribution in [0.5, 0.6) is 0 Å². The average Bonchev–Trinajstić information content (AvgIpc) is 2.18. The molecule has 2 N–H and O–H groups in total. The second kappa shape index (κ2) is 5.06. The number of benzene rings is 1. The van der Waals surface area contributed by atoms with Crippen molar-refractivity contribution in [1.82, 2.24) is 5.32 Å². The van der Waals surface area contributed by atoms with Gasteiger partial charge in [-0.05, 0) is 13.1 Å². The number of nitro benzene ring substituents is 1. The van der Waals surface area contributed by atoms with Gasteiger partial charge in [0, 0.05) is 17.8 Å². The van der Waals surface area contributed by atoms with E-state index in [4.69, 9.17) is 0 Å². The molecular weight excluding hydrogens is 198 g/mol. The van der Waals surface area contributed by atoms with Crippen LogP contribution in [0.2, 0.25) is 0 Å². The third-order valence-electron chi connectivity index (χ3n) is 1.68. The first-order valence-corrected chi connectivity index (χ1v) is 4.32. The molecule has 0 radical (unpaired) electrons. The van der Waals surface area contributed by atoms with Crippen LogP contribution in [0, 0.1) is 10.1 Å². The first kappa shape index (κ1) is 11.1. The minimum absolute atomic E-state index is 0.0442. The first-order valence-electron chi connectivity index (χ1n) is 4.32. The highest BCUT2D eigenvalue weighted by Gasteiger charge is 2.07. The molecule has 6 nitrogen and oxygen atoms in total. The molecular formula is C9H11N3O3. The maximum absolute atomic E-state index is 11.2. The van der Waals surface area contributed by atoms with Crippen molar-refractivity contribution in [3.8, 4) is 0 Å². The van der Waals surface area contributed by atoms with E-state index in [1.165, 1.54) is 18.2 Å². The van der Waals surface area contributed by atoms with E-state index in [9.17, 15) is 14.9 Å². The van der Waals surface area contributed by atoms with E-state index in [1.807, 2.05) is 0 Å². The zero-order valence-corrected chi connectivity index (χ0v) is 8.19. The zero-order chi connectivity index (χ0) is 11.3. The molecule has 0 fully saturated rings. The number of hydrogen-bond acceptors (Lipinski definition) is 4.